The lowest BCUT2D eigenvalue weighted by atomic mass is 10.2. The van der Waals surface area contributed by atoms with Crippen molar-refractivity contribution < 1.29 is 13.2 Å². The van der Waals surface area contributed by atoms with Gasteiger partial charge in [-0.15, -0.1) is 0 Å². The van der Waals surface area contributed by atoms with Gasteiger partial charge in [-0.2, -0.15) is 0 Å². The number of carbonyl (C=O) groups excluding carboxylic acids is 1. The second kappa shape index (κ2) is 8.92. The number of imidazole rings is 1. The first kappa shape index (κ1) is 21.7. The quantitative estimate of drug-likeness (QED) is 0.447. The number of rotatable bonds is 7. The Balaban J connectivity index is 1.71. The molecule has 4 aromatic rings. The number of carbonyl (C=O) groups is 1. The minimum Gasteiger partial charge on any atom is -0.337 e. The fraction of sp³-hybridized carbons (Fsp3) is 0.208. The molecule has 7 nitrogen and oxygen atoms in total. The van der Waals surface area contributed by atoms with Crippen molar-refractivity contribution in [3.8, 4) is 11.5 Å². The molecule has 164 valence electrons. The van der Waals surface area contributed by atoms with Crippen LogP contribution in [0.2, 0.25) is 0 Å². The second-order valence-electron chi connectivity index (χ2n) is 7.56. The largest absolute Gasteiger partial charge is 0.337 e. The topological polar surface area (TPSA) is 96.0 Å². The molecular weight excluding hydrogens is 424 g/mol. The van der Waals surface area contributed by atoms with Gasteiger partial charge in [-0.05, 0) is 49.7 Å². The molecule has 0 saturated carbocycles. The Morgan fingerprint density at radius 1 is 0.969 bits per heavy atom. The first-order chi connectivity index (χ1) is 15.4. The lowest BCUT2D eigenvalue weighted by molar-refractivity contribution is 0.0855. The Bertz CT molecular complexity index is 1330. The predicted molar refractivity (Wildman–Crippen MR) is 124 cm³/mol. The number of nitrogens with one attached hydrogen (secondary N) is 1. The summed E-state index contributed by atoms with van der Waals surface area (Å²) in [4.78, 5) is 25.6. The Kier molecular flexibility index (Phi) is 6.05. The molecule has 1 N–H and O–H groups in total. The minimum atomic E-state index is -4.02. The molecule has 0 aliphatic carbocycles. The molecule has 0 fully saturated rings. The van der Waals surface area contributed by atoms with Crippen molar-refractivity contribution in [1.82, 2.24) is 19.3 Å². The van der Waals surface area contributed by atoms with E-state index in [4.69, 9.17) is 0 Å². The molecule has 0 atom stereocenters. The SMILES string of the molecule is CCCCN(C(=O)c1cccc(-c2nc3ccccc3[nH]2)n1)S(=O)(=O)c1ccc(C)cc1. The van der Waals surface area contributed by atoms with Crippen LogP contribution in [0.25, 0.3) is 22.6 Å². The molecular formula is C24H24N4O3S. The van der Waals surface area contributed by atoms with Crippen molar-refractivity contribution in [2.45, 2.75) is 31.6 Å². The Hall–Kier alpha value is -3.52. The van der Waals surface area contributed by atoms with Crippen LogP contribution in [-0.4, -0.2) is 40.1 Å². The van der Waals surface area contributed by atoms with Gasteiger partial charge in [0, 0.05) is 6.54 Å². The second-order valence-corrected chi connectivity index (χ2v) is 9.42. The van der Waals surface area contributed by atoms with E-state index in [1.807, 2.05) is 38.1 Å². The van der Waals surface area contributed by atoms with Crippen molar-refractivity contribution in [2.24, 2.45) is 0 Å². The van der Waals surface area contributed by atoms with E-state index < -0.39 is 15.9 Å². The third-order valence-electron chi connectivity index (χ3n) is 5.15. The molecule has 0 aliphatic heterocycles. The van der Waals surface area contributed by atoms with E-state index >= 15 is 0 Å². The average Bonchev–Trinajstić information content (AvgIpc) is 3.24. The van der Waals surface area contributed by atoms with Gasteiger partial charge < -0.3 is 4.98 Å². The molecule has 32 heavy (non-hydrogen) atoms. The molecule has 1 amide bonds. The van der Waals surface area contributed by atoms with E-state index in [1.165, 1.54) is 18.2 Å². The highest BCUT2D eigenvalue weighted by atomic mass is 32.2. The number of benzene rings is 2. The number of aromatic nitrogens is 3. The summed E-state index contributed by atoms with van der Waals surface area (Å²) in [6, 6.07) is 19.0. The summed E-state index contributed by atoms with van der Waals surface area (Å²) >= 11 is 0. The van der Waals surface area contributed by atoms with Crippen molar-refractivity contribution in [3.63, 3.8) is 0 Å². The number of hydrogen-bond acceptors (Lipinski definition) is 5. The number of para-hydroxylation sites is 2. The van der Waals surface area contributed by atoms with Crippen molar-refractivity contribution >= 4 is 27.0 Å². The monoisotopic (exact) mass is 448 g/mol. The molecule has 0 unspecified atom stereocenters. The molecule has 2 heterocycles. The highest BCUT2D eigenvalue weighted by Crippen LogP contribution is 2.22. The number of aryl methyl sites for hydroxylation is 1. The predicted octanol–water partition coefficient (Wildman–Crippen LogP) is 4.56. The fourth-order valence-electron chi connectivity index (χ4n) is 3.36. The highest BCUT2D eigenvalue weighted by molar-refractivity contribution is 7.89. The number of amides is 1. The molecule has 0 saturated heterocycles. The molecule has 0 radical (unpaired) electrons. The van der Waals surface area contributed by atoms with Crippen LogP contribution in [0.15, 0.2) is 71.6 Å². The fourth-order valence-corrected chi connectivity index (χ4v) is 4.77. The summed E-state index contributed by atoms with van der Waals surface area (Å²) in [5, 5.41) is 0. The van der Waals surface area contributed by atoms with Crippen molar-refractivity contribution in [2.75, 3.05) is 6.54 Å². The van der Waals surface area contributed by atoms with Crippen LogP contribution in [-0.2, 0) is 10.0 Å². The Morgan fingerprint density at radius 3 is 2.44 bits per heavy atom. The summed E-state index contributed by atoms with van der Waals surface area (Å²) in [6.07, 6.45) is 1.31. The summed E-state index contributed by atoms with van der Waals surface area (Å²) in [7, 11) is -4.02. The molecule has 4 rings (SSSR count). The van der Waals surface area contributed by atoms with Crippen molar-refractivity contribution in [1.29, 1.82) is 0 Å². The Labute approximate surface area is 187 Å². The number of pyridine rings is 1. The van der Waals surface area contributed by atoms with Gasteiger partial charge in [0.2, 0.25) is 0 Å². The average molecular weight is 449 g/mol. The zero-order chi connectivity index (χ0) is 22.7. The summed E-state index contributed by atoms with van der Waals surface area (Å²) in [6.45, 7) is 3.91. The molecule has 0 bridgehead atoms. The lowest BCUT2D eigenvalue weighted by Gasteiger charge is -2.22. The van der Waals surface area contributed by atoms with Crippen LogP contribution in [0.5, 0.6) is 0 Å². The molecule has 2 aromatic heterocycles. The van der Waals surface area contributed by atoms with Gasteiger partial charge >= 0.3 is 0 Å². The smallest absolute Gasteiger partial charge is 0.286 e. The summed E-state index contributed by atoms with van der Waals surface area (Å²) < 4.78 is 27.5. The zero-order valence-corrected chi connectivity index (χ0v) is 18.8. The van der Waals surface area contributed by atoms with Crippen LogP contribution >= 0.6 is 0 Å². The molecule has 2 aromatic carbocycles. The van der Waals surface area contributed by atoms with E-state index in [-0.39, 0.29) is 17.1 Å². The highest BCUT2D eigenvalue weighted by Gasteiger charge is 2.30. The summed E-state index contributed by atoms with van der Waals surface area (Å²) in [5.41, 5.74) is 3.10. The zero-order valence-electron chi connectivity index (χ0n) is 17.9. The maximum atomic E-state index is 13.3. The van der Waals surface area contributed by atoms with Gasteiger partial charge in [0.15, 0.2) is 5.82 Å². The van der Waals surface area contributed by atoms with Gasteiger partial charge in [-0.3, -0.25) is 4.79 Å². The number of hydrogen-bond donors (Lipinski definition) is 1. The van der Waals surface area contributed by atoms with Crippen LogP contribution < -0.4 is 0 Å². The van der Waals surface area contributed by atoms with Crippen molar-refractivity contribution in [3.05, 3.63) is 78.0 Å². The number of H-pyrrole nitrogens is 1. The van der Waals surface area contributed by atoms with Gasteiger partial charge in [0.05, 0.1) is 15.9 Å². The summed E-state index contributed by atoms with van der Waals surface area (Å²) in [5.74, 6) is -0.140. The van der Waals surface area contributed by atoms with Crippen LogP contribution in [0.4, 0.5) is 0 Å². The molecule has 0 aliphatic rings. The van der Waals surface area contributed by atoms with Gasteiger partial charge in [0.1, 0.15) is 11.4 Å². The van der Waals surface area contributed by atoms with E-state index in [1.54, 1.807) is 24.3 Å². The van der Waals surface area contributed by atoms with E-state index in [0.29, 0.717) is 17.9 Å². The number of aromatic amines is 1. The Morgan fingerprint density at radius 2 is 1.72 bits per heavy atom. The lowest BCUT2D eigenvalue weighted by Crippen LogP contribution is -2.38. The number of sulfonamides is 1. The third kappa shape index (κ3) is 4.27. The minimum absolute atomic E-state index is 0.0507. The van der Waals surface area contributed by atoms with Gasteiger partial charge in [-0.1, -0.05) is 49.2 Å². The standard InChI is InChI=1S/C24H24N4O3S/c1-3-4-16-28(32(30,31)18-14-12-17(2)13-15-18)24(29)22-11-7-10-21(25-22)23-26-19-8-5-6-9-20(19)27-23/h5-15H,3-4,16H2,1-2H3,(H,26,27). The molecule has 0 spiro atoms. The first-order valence-electron chi connectivity index (χ1n) is 10.5. The maximum absolute atomic E-state index is 13.3. The van der Waals surface area contributed by atoms with Crippen LogP contribution in [0, 0.1) is 6.92 Å². The van der Waals surface area contributed by atoms with Gasteiger partial charge in [-0.25, -0.2) is 22.7 Å². The van der Waals surface area contributed by atoms with Crippen LogP contribution in [0.1, 0.15) is 35.8 Å². The normalized spacial score (nSPS) is 11.6. The van der Waals surface area contributed by atoms with E-state index in [0.717, 1.165) is 27.3 Å². The number of unbranched alkanes of at least 4 members (excludes halogenated alkanes) is 1. The third-order valence-corrected chi connectivity index (χ3v) is 6.95. The maximum Gasteiger partial charge on any atom is 0.286 e. The van der Waals surface area contributed by atoms with Gasteiger partial charge in [0.25, 0.3) is 15.9 Å². The van der Waals surface area contributed by atoms with E-state index in [9.17, 15) is 13.2 Å². The number of nitrogens with zero attached hydrogens (tertiary/aromatic N) is 3. The number of fused-ring (bicyclic) bond motifs is 1. The molecule has 8 heteroatoms. The first-order valence-corrected chi connectivity index (χ1v) is 11.9. The van der Waals surface area contributed by atoms with Crippen LogP contribution in [0.3, 0.4) is 0 Å². The van der Waals surface area contributed by atoms with E-state index in [2.05, 4.69) is 15.0 Å².